The summed E-state index contributed by atoms with van der Waals surface area (Å²) in [5.41, 5.74) is 1.75. The van der Waals surface area contributed by atoms with Crippen molar-refractivity contribution in [2.75, 3.05) is 11.9 Å². The molecule has 4 heteroatoms. The molecule has 1 heterocycles. The number of carbonyl (C=O) groups excluding carboxylic acids is 1. The van der Waals surface area contributed by atoms with E-state index in [1.807, 2.05) is 60.7 Å². The van der Waals surface area contributed by atoms with Crippen LogP contribution in [-0.2, 0) is 4.79 Å². The molecule has 0 radical (unpaired) electrons. The van der Waals surface area contributed by atoms with Crippen LogP contribution in [0.4, 0.5) is 5.69 Å². The monoisotopic (exact) mass is 266 g/mol. The number of benzene rings is 2. The van der Waals surface area contributed by atoms with E-state index in [0.29, 0.717) is 5.88 Å². The fourth-order valence-electron chi connectivity index (χ4n) is 1.99. The minimum atomic E-state index is -0.185. The van der Waals surface area contributed by atoms with Crippen molar-refractivity contribution in [1.82, 2.24) is 4.98 Å². The van der Waals surface area contributed by atoms with Crippen LogP contribution in [0.5, 0.6) is 5.88 Å². The Balaban J connectivity index is 1.60. The van der Waals surface area contributed by atoms with Crippen LogP contribution in [0.15, 0.2) is 60.7 Å². The molecule has 0 saturated carbocycles. The van der Waals surface area contributed by atoms with Crippen molar-refractivity contribution in [3.8, 4) is 5.88 Å². The fourth-order valence-corrected chi connectivity index (χ4v) is 1.99. The fraction of sp³-hybridized carbons (Fsp3) is 0.0625. The highest BCUT2D eigenvalue weighted by molar-refractivity contribution is 5.91. The minimum Gasteiger partial charge on any atom is -0.469 e. The van der Waals surface area contributed by atoms with Gasteiger partial charge in [0.15, 0.2) is 12.5 Å². The number of nitrogens with one attached hydrogen (secondary N) is 2. The van der Waals surface area contributed by atoms with Gasteiger partial charge in [-0.1, -0.05) is 36.4 Å². The minimum absolute atomic E-state index is 0.0261. The first-order valence-corrected chi connectivity index (χ1v) is 6.37. The maximum atomic E-state index is 11.8. The second-order valence-electron chi connectivity index (χ2n) is 4.42. The molecule has 2 aromatic carbocycles. The largest absolute Gasteiger partial charge is 0.469 e. The van der Waals surface area contributed by atoms with Gasteiger partial charge in [-0.2, -0.15) is 0 Å². The number of hydrogen-bond donors (Lipinski definition) is 2. The van der Waals surface area contributed by atoms with Gasteiger partial charge in [-0.05, 0) is 18.2 Å². The average Bonchev–Trinajstić information content (AvgIpc) is 2.89. The standard InChI is InChI=1S/C16H14N2O2/c19-15(17-13-7-2-1-3-8-13)11-20-16-10-12-6-4-5-9-14(12)18-16/h1-10,18H,11H2,(H,17,19). The summed E-state index contributed by atoms with van der Waals surface area (Å²) < 4.78 is 5.46. The van der Waals surface area contributed by atoms with Crippen molar-refractivity contribution in [1.29, 1.82) is 0 Å². The molecular formula is C16H14N2O2. The first kappa shape index (κ1) is 12.3. The molecule has 1 aromatic heterocycles. The normalized spacial score (nSPS) is 10.4. The van der Waals surface area contributed by atoms with Crippen molar-refractivity contribution >= 4 is 22.5 Å². The van der Waals surface area contributed by atoms with Crippen LogP contribution in [-0.4, -0.2) is 17.5 Å². The molecule has 0 saturated heterocycles. The average molecular weight is 266 g/mol. The highest BCUT2D eigenvalue weighted by Crippen LogP contribution is 2.19. The molecule has 0 unspecified atom stereocenters. The van der Waals surface area contributed by atoms with E-state index in [2.05, 4.69) is 10.3 Å². The summed E-state index contributed by atoms with van der Waals surface area (Å²) in [5, 5.41) is 3.83. The Hall–Kier alpha value is -2.75. The van der Waals surface area contributed by atoms with Gasteiger partial charge in [-0.25, -0.2) is 0 Å². The lowest BCUT2D eigenvalue weighted by Crippen LogP contribution is -2.20. The smallest absolute Gasteiger partial charge is 0.262 e. The quantitative estimate of drug-likeness (QED) is 0.762. The van der Waals surface area contributed by atoms with Gasteiger partial charge < -0.3 is 15.0 Å². The van der Waals surface area contributed by atoms with E-state index < -0.39 is 0 Å². The van der Waals surface area contributed by atoms with Crippen molar-refractivity contribution in [2.24, 2.45) is 0 Å². The first-order chi connectivity index (χ1) is 9.81. The number of para-hydroxylation sites is 2. The number of anilines is 1. The number of carbonyl (C=O) groups is 1. The molecule has 100 valence electrons. The summed E-state index contributed by atoms with van der Waals surface area (Å²) >= 11 is 0. The Morgan fingerprint density at radius 1 is 1.05 bits per heavy atom. The summed E-state index contributed by atoms with van der Waals surface area (Å²) in [6, 6.07) is 19.0. The van der Waals surface area contributed by atoms with Crippen LogP contribution >= 0.6 is 0 Å². The lowest BCUT2D eigenvalue weighted by atomic mass is 10.3. The second-order valence-corrected chi connectivity index (χ2v) is 4.42. The number of aromatic nitrogens is 1. The zero-order valence-corrected chi connectivity index (χ0v) is 10.8. The van der Waals surface area contributed by atoms with E-state index in [1.54, 1.807) is 0 Å². The van der Waals surface area contributed by atoms with Crippen LogP contribution in [0.3, 0.4) is 0 Å². The van der Waals surface area contributed by atoms with Gasteiger partial charge in [0, 0.05) is 22.7 Å². The van der Waals surface area contributed by atoms with Crippen LogP contribution in [0.2, 0.25) is 0 Å². The Bertz CT molecular complexity index is 686. The van der Waals surface area contributed by atoms with Gasteiger partial charge in [0.05, 0.1) is 0 Å². The van der Waals surface area contributed by atoms with Gasteiger partial charge in [0.1, 0.15) is 0 Å². The summed E-state index contributed by atoms with van der Waals surface area (Å²) in [6.45, 7) is -0.0261. The molecule has 1 amide bonds. The molecule has 0 aliphatic rings. The Morgan fingerprint density at radius 3 is 2.60 bits per heavy atom. The third-order valence-electron chi connectivity index (χ3n) is 2.92. The van der Waals surface area contributed by atoms with Gasteiger partial charge >= 0.3 is 0 Å². The highest BCUT2D eigenvalue weighted by Gasteiger charge is 2.05. The second kappa shape index (κ2) is 5.48. The van der Waals surface area contributed by atoms with Crippen molar-refractivity contribution in [3.63, 3.8) is 0 Å². The molecule has 20 heavy (non-hydrogen) atoms. The van der Waals surface area contributed by atoms with Crippen LogP contribution in [0.25, 0.3) is 10.9 Å². The Labute approximate surface area is 116 Å². The third kappa shape index (κ3) is 2.80. The first-order valence-electron chi connectivity index (χ1n) is 6.37. The van der Waals surface area contributed by atoms with Crippen LogP contribution in [0, 0.1) is 0 Å². The predicted molar refractivity (Wildman–Crippen MR) is 78.9 cm³/mol. The van der Waals surface area contributed by atoms with Gasteiger partial charge in [0.25, 0.3) is 5.91 Å². The number of hydrogen-bond acceptors (Lipinski definition) is 2. The molecule has 0 spiro atoms. The maximum absolute atomic E-state index is 11.8. The van der Waals surface area contributed by atoms with E-state index in [1.165, 1.54) is 0 Å². The van der Waals surface area contributed by atoms with E-state index in [4.69, 9.17) is 4.74 Å². The van der Waals surface area contributed by atoms with Crippen molar-refractivity contribution < 1.29 is 9.53 Å². The molecule has 4 nitrogen and oxygen atoms in total. The van der Waals surface area contributed by atoms with E-state index in [9.17, 15) is 4.79 Å². The molecule has 3 aromatic rings. The maximum Gasteiger partial charge on any atom is 0.262 e. The topological polar surface area (TPSA) is 54.1 Å². The van der Waals surface area contributed by atoms with Crippen molar-refractivity contribution in [3.05, 3.63) is 60.7 Å². The summed E-state index contributed by atoms with van der Waals surface area (Å²) in [5.74, 6) is 0.407. The predicted octanol–water partition coefficient (Wildman–Crippen LogP) is 3.19. The van der Waals surface area contributed by atoms with E-state index in [0.717, 1.165) is 16.6 Å². The van der Waals surface area contributed by atoms with Crippen LogP contribution in [0.1, 0.15) is 0 Å². The molecule has 2 N–H and O–H groups in total. The number of aromatic amines is 1. The lowest BCUT2D eigenvalue weighted by Gasteiger charge is -2.05. The molecule has 0 aliphatic carbocycles. The lowest BCUT2D eigenvalue weighted by molar-refractivity contribution is -0.118. The van der Waals surface area contributed by atoms with Crippen molar-refractivity contribution in [2.45, 2.75) is 0 Å². The number of fused-ring (bicyclic) bond motifs is 1. The highest BCUT2D eigenvalue weighted by atomic mass is 16.5. The molecule has 0 aliphatic heterocycles. The molecule has 3 rings (SSSR count). The number of ether oxygens (including phenoxy) is 1. The van der Waals surface area contributed by atoms with E-state index >= 15 is 0 Å². The Morgan fingerprint density at radius 2 is 1.80 bits per heavy atom. The summed E-state index contributed by atoms with van der Waals surface area (Å²) in [6.07, 6.45) is 0. The Kier molecular flexibility index (Phi) is 3.37. The zero-order chi connectivity index (χ0) is 13.8. The summed E-state index contributed by atoms with van der Waals surface area (Å²) in [7, 11) is 0. The molecule has 0 fully saturated rings. The SMILES string of the molecule is O=C(COc1cc2ccccc2[nH]1)Nc1ccccc1. The molecule has 0 bridgehead atoms. The number of amides is 1. The van der Waals surface area contributed by atoms with Gasteiger partial charge in [-0.15, -0.1) is 0 Å². The zero-order valence-electron chi connectivity index (χ0n) is 10.8. The van der Waals surface area contributed by atoms with Gasteiger partial charge in [-0.3, -0.25) is 4.79 Å². The molecular weight excluding hydrogens is 252 g/mol. The summed E-state index contributed by atoms with van der Waals surface area (Å²) in [4.78, 5) is 14.9. The van der Waals surface area contributed by atoms with Crippen LogP contribution < -0.4 is 10.1 Å². The molecule has 0 atom stereocenters. The van der Waals surface area contributed by atoms with Gasteiger partial charge in [0.2, 0.25) is 0 Å². The third-order valence-corrected chi connectivity index (χ3v) is 2.92. The van der Waals surface area contributed by atoms with E-state index in [-0.39, 0.29) is 12.5 Å². The number of rotatable bonds is 4. The number of H-pyrrole nitrogens is 1.